The number of piperidine rings is 2. The van der Waals surface area contributed by atoms with Gasteiger partial charge in [0.2, 0.25) is 0 Å². The Morgan fingerprint density at radius 1 is 1.18 bits per heavy atom. The molecule has 150 valence electrons. The Morgan fingerprint density at radius 3 is 2.71 bits per heavy atom. The van der Waals surface area contributed by atoms with Crippen molar-refractivity contribution in [3.63, 3.8) is 0 Å². The lowest BCUT2D eigenvalue weighted by Crippen LogP contribution is -2.61. The van der Waals surface area contributed by atoms with E-state index in [4.69, 9.17) is 4.74 Å². The Hall–Kier alpha value is -2.02. The summed E-state index contributed by atoms with van der Waals surface area (Å²) in [6, 6.07) is 8.24. The maximum atomic E-state index is 10.1. The van der Waals surface area contributed by atoms with Gasteiger partial charge in [-0.15, -0.1) is 0 Å². The molecule has 2 aromatic rings. The number of fused-ring (bicyclic) bond motifs is 1. The average Bonchev–Trinajstić information content (AvgIpc) is 2.75. The molecule has 6 heteroatoms. The second-order valence-corrected chi connectivity index (χ2v) is 8.22. The number of aromatic nitrogens is 2. The summed E-state index contributed by atoms with van der Waals surface area (Å²) in [6.07, 6.45) is 7.23. The van der Waals surface area contributed by atoms with Crippen molar-refractivity contribution in [3.05, 3.63) is 42.2 Å². The average molecular weight is 383 g/mol. The maximum Gasteiger partial charge on any atom is 0.162 e. The monoisotopic (exact) mass is 382 g/mol. The number of aliphatic hydroxyl groups is 1. The van der Waals surface area contributed by atoms with Crippen molar-refractivity contribution in [3.8, 4) is 17.1 Å². The van der Waals surface area contributed by atoms with Gasteiger partial charge in [0.15, 0.2) is 5.82 Å². The van der Waals surface area contributed by atoms with E-state index in [1.165, 1.54) is 6.42 Å². The van der Waals surface area contributed by atoms with Gasteiger partial charge in [-0.3, -0.25) is 4.90 Å². The first-order valence-electron chi connectivity index (χ1n) is 10.1. The van der Waals surface area contributed by atoms with E-state index in [1.54, 1.807) is 7.11 Å². The molecule has 3 heterocycles. The van der Waals surface area contributed by atoms with Crippen LogP contribution in [0.5, 0.6) is 5.75 Å². The van der Waals surface area contributed by atoms with Crippen LogP contribution in [-0.4, -0.2) is 71.3 Å². The Labute approximate surface area is 167 Å². The first-order valence-corrected chi connectivity index (χ1v) is 10.1. The fourth-order valence-corrected chi connectivity index (χ4v) is 4.88. The molecule has 0 saturated carbocycles. The molecule has 0 amide bonds. The highest BCUT2D eigenvalue weighted by Gasteiger charge is 2.46. The zero-order valence-corrected chi connectivity index (χ0v) is 16.8. The summed E-state index contributed by atoms with van der Waals surface area (Å²) >= 11 is 0. The highest BCUT2D eigenvalue weighted by atomic mass is 16.5. The molecule has 4 rings (SSSR count). The molecular formula is C22H30N4O2. The maximum absolute atomic E-state index is 10.1. The molecule has 0 spiro atoms. The van der Waals surface area contributed by atoms with Crippen LogP contribution >= 0.6 is 0 Å². The lowest BCUT2D eigenvalue weighted by molar-refractivity contribution is -0.0684. The van der Waals surface area contributed by atoms with Crippen molar-refractivity contribution >= 4 is 0 Å². The first kappa shape index (κ1) is 19.3. The molecular weight excluding hydrogens is 352 g/mol. The predicted molar refractivity (Wildman–Crippen MR) is 109 cm³/mol. The molecule has 2 atom stereocenters. The van der Waals surface area contributed by atoms with Crippen molar-refractivity contribution in [1.29, 1.82) is 0 Å². The Morgan fingerprint density at radius 2 is 1.96 bits per heavy atom. The van der Waals surface area contributed by atoms with Gasteiger partial charge in [0.25, 0.3) is 0 Å². The smallest absolute Gasteiger partial charge is 0.162 e. The van der Waals surface area contributed by atoms with Crippen molar-refractivity contribution in [2.24, 2.45) is 5.41 Å². The summed E-state index contributed by atoms with van der Waals surface area (Å²) in [4.78, 5) is 14.1. The van der Waals surface area contributed by atoms with Crippen molar-refractivity contribution in [1.82, 2.24) is 19.8 Å². The number of likely N-dealkylation sites (tertiary alicyclic amines) is 2. The number of rotatable bonds is 5. The summed E-state index contributed by atoms with van der Waals surface area (Å²) < 4.78 is 5.42. The van der Waals surface area contributed by atoms with Gasteiger partial charge in [-0.05, 0) is 51.5 Å². The molecule has 0 radical (unpaired) electrons. The highest BCUT2D eigenvalue weighted by molar-refractivity contribution is 5.63. The minimum atomic E-state index is 0.0771. The molecule has 1 aromatic carbocycles. The largest absolute Gasteiger partial charge is 0.496 e. The topological polar surface area (TPSA) is 61.7 Å². The standard InChI is InChI=1S/C22H30N4O2/c1-25-10-5-8-22(16-27)9-11-26(15-20(22)25)14-17-12-23-21(24-13-17)18-6-3-4-7-19(18)28-2/h3-4,6-7,12-13,20,27H,5,8-11,14-16H2,1-2H3/t20-,22-/m1/s1. The normalized spacial score (nSPS) is 26.0. The molecule has 1 N–H and O–H groups in total. The van der Waals surface area contributed by atoms with E-state index in [1.807, 2.05) is 36.7 Å². The van der Waals surface area contributed by atoms with E-state index >= 15 is 0 Å². The van der Waals surface area contributed by atoms with Gasteiger partial charge in [0, 0.05) is 42.5 Å². The number of ether oxygens (including phenoxy) is 1. The van der Waals surface area contributed by atoms with Gasteiger partial charge in [-0.2, -0.15) is 0 Å². The molecule has 2 aliphatic heterocycles. The fourth-order valence-electron chi connectivity index (χ4n) is 4.88. The number of methoxy groups -OCH3 is 1. The van der Waals surface area contributed by atoms with Crippen LogP contribution in [0.3, 0.4) is 0 Å². The van der Waals surface area contributed by atoms with Crippen LogP contribution in [0.4, 0.5) is 0 Å². The number of aliphatic hydroxyl groups excluding tert-OH is 1. The SMILES string of the molecule is COc1ccccc1-c1ncc(CN2CC[C@@]3(CO)CCCN(C)[C@@H]3C2)cn1. The van der Waals surface area contributed by atoms with Gasteiger partial charge in [0.05, 0.1) is 19.3 Å². The number of likely N-dealkylation sites (N-methyl/N-ethyl adjacent to an activating group) is 1. The number of hydrogen-bond donors (Lipinski definition) is 1. The third-order valence-electron chi connectivity index (χ3n) is 6.56. The minimum Gasteiger partial charge on any atom is -0.496 e. The lowest BCUT2D eigenvalue weighted by atomic mass is 9.69. The van der Waals surface area contributed by atoms with Crippen molar-refractivity contribution in [2.75, 3.05) is 40.4 Å². The highest BCUT2D eigenvalue weighted by Crippen LogP contribution is 2.41. The van der Waals surface area contributed by atoms with Crippen LogP contribution in [0.15, 0.2) is 36.7 Å². The molecule has 0 unspecified atom stereocenters. The Kier molecular flexibility index (Phi) is 5.62. The summed E-state index contributed by atoms with van der Waals surface area (Å²) in [6.45, 7) is 4.27. The predicted octanol–water partition coefficient (Wildman–Crippen LogP) is 2.43. The number of nitrogens with zero attached hydrogens (tertiary/aromatic N) is 4. The van der Waals surface area contributed by atoms with Gasteiger partial charge >= 0.3 is 0 Å². The third kappa shape index (κ3) is 3.64. The van der Waals surface area contributed by atoms with E-state index < -0.39 is 0 Å². The fraction of sp³-hybridized carbons (Fsp3) is 0.545. The second kappa shape index (κ2) is 8.15. The molecule has 0 bridgehead atoms. The lowest BCUT2D eigenvalue weighted by Gasteiger charge is -2.53. The van der Waals surface area contributed by atoms with Crippen LogP contribution in [-0.2, 0) is 6.54 Å². The van der Waals surface area contributed by atoms with Gasteiger partial charge in [-0.25, -0.2) is 9.97 Å². The van der Waals surface area contributed by atoms with Crippen LogP contribution < -0.4 is 4.74 Å². The van der Waals surface area contributed by atoms with Crippen LogP contribution in [0.2, 0.25) is 0 Å². The van der Waals surface area contributed by atoms with E-state index in [9.17, 15) is 5.11 Å². The van der Waals surface area contributed by atoms with Crippen LogP contribution in [0, 0.1) is 5.41 Å². The first-order chi connectivity index (χ1) is 13.6. The zero-order chi connectivity index (χ0) is 19.6. The Bertz CT molecular complexity index is 797. The molecule has 1 aromatic heterocycles. The van der Waals surface area contributed by atoms with E-state index in [2.05, 4.69) is 26.8 Å². The van der Waals surface area contributed by atoms with Gasteiger partial charge in [-0.1, -0.05) is 12.1 Å². The zero-order valence-electron chi connectivity index (χ0n) is 16.8. The third-order valence-corrected chi connectivity index (χ3v) is 6.56. The molecule has 6 nitrogen and oxygen atoms in total. The molecule has 2 aliphatic rings. The van der Waals surface area contributed by atoms with Gasteiger partial charge in [0.1, 0.15) is 5.75 Å². The van der Waals surface area contributed by atoms with Crippen molar-refractivity contribution < 1.29 is 9.84 Å². The van der Waals surface area contributed by atoms with Crippen molar-refractivity contribution in [2.45, 2.75) is 31.8 Å². The second-order valence-electron chi connectivity index (χ2n) is 8.22. The van der Waals surface area contributed by atoms with Crippen LogP contribution in [0.1, 0.15) is 24.8 Å². The minimum absolute atomic E-state index is 0.0771. The molecule has 2 saturated heterocycles. The molecule has 28 heavy (non-hydrogen) atoms. The van der Waals surface area contributed by atoms with E-state index in [0.717, 1.165) is 55.9 Å². The summed E-state index contributed by atoms with van der Waals surface area (Å²) in [7, 11) is 3.86. The number of benzene rings is 1. The quantitative estimate of drug-likeness (QED) is 0.857. The summed E-state index contributed by atoms with van der Waals surface area (Å²) in [5.74, 6) is 1.47. The summed E-state index contributed by atoms with van der Waals surface area (Å²) in [5.41, 5.74) is 2.10. The number of hydrogen-bond acceptors (Lipinski definition) is 6. The summed E-state index contributed by atoms with van der Waals surface area (Å²) in [5, 5.41) is 10.1. The molecule has 2 fully saturated rings. The Balaban J connectivity index is 1.45. The van der Waals surface area contributed by atoms with E-state index in [0.29, 0.717) is 18.5 Å². The van der Waals surface area contributed by atoms with Gasteiger partial charge < -0.3 is 14.7 Å². The number of para-hydroxylation sites is 1. The van der Waals surface area contributed by atoms with Crippen LogP contribution in [0.25, 0.3) is 11.4 Å². The van der Waals surface area contributed by atoms with E-state index in [-0.39, 0.29) is 5.41 Å². The molecule has 0 aliphatic carbocycles.